The molecule has 4 rings (SSSR count). The van der Waals surface area contributed by atoms with Crippen LogP contribution in [0.5, 0.6) is 5.75 Å². The number of hydrogen-bond donors (Lipinski definition) is 9. The van der Waals surface area contributed by atoms with Gasteiger partial charge in [0.25, 0.3) is 0 Å². The number of nitrogens with one attached hydrogen (secondary N) is 3. The molecule has 15 atom stereocenters. The molecule has 0 aromatic heterocycles. The van der Waals surface area contributed by atoms with E-state index in [0.717, 1.165) is 4.90 Å². The topological polar surface area (TPSA) is 339 Å². The molecular formula is C56H87N7O17. The van der Waals surface area contributed by atoms with Crippen molar-refractivity contribution in [2.24, 2.45) is 29.4 Å². The highest BCUT2D eigenvalue weighted by Gasteiger charge is 2.49. The fraction of sp³-hybridized carbons (Fsp3) is 0.661. The molecule has 2 heterocycles. The Morgan fingerprint density at radius 3 is 2.09 bits per heavy atom. The molecule has 2 aliphatic rings. The average molecular weight is 1130 g/mol. The Balaban J connectivity index is 1.47. The highest BCUT2D eigenvalue weighted by Crippen LogP contribution is 2.33. The monoisotopic (exact) mass is 1130 g/mol. The molecule has 0 aliphatic carbocycles. The van der Waals surface area contributed by atoms with Gasteiger partial charge in [0, 0.05) is 47.8 Å². The van der Waals surface area contributed by atoms with E-state index < -0.39 is 133 Å². The highest BCUT2D eigenvalue weighted by atomic mass is 16.7. The zero-order valence-electron chi connectivity index (χ0n) is 48.1. The normalized spacial score (nSPS) is 22.6. The first-order valence-corrected chi connectivity index (χ1v) is 27.3. The number of ether oxygens (including phenoxy) is 5. The Hall–Kier alpha value is -5.99. The standard InChI is InChI=1S/C56H87N7O17/c1-13-31(6)44(39(76-11)27-41(65)63-25-17-20-37(63)49(77-12)32(7)51(70)58-33(8)45(66)35-18-15-14-16-19-35)61(9)53(72)42(29(2)3)60-52(71)43(30(4)5)62(10)56(75)78-28-34-21-22-38(36(26-34)59-40(64)23-24-57)79-55-48(69)46(67)47(68)50(80-55)54(73)74/h14-16,18-19,21-22,26,29-33,37,39,42-50,55,66-69H,13,17,20,23-25,27-28,57H2,1-12H3,(H,58,70)(H,59,64)(H,60,71)(H,73,74)/t31-,32+,33+,37-,39+,42-,43-,44-,45+,46-,47-,48+,49+,50-,55+/m0/s1. The quantitative estimate of drug-likeness (QED) is 0.0589. The van der Waals surface area contributed by atoms with Crippen molar-refractivity contribution in [2.45, 2.75) is 173 Å². The molecule has 0 saturated carbocycles. The lowest BCUT2D eigenvalue weighted by molar-refractivity contribution is -0.271. The minimum Gasteiger partial charge on any atom is -0.479 e. The summed E-state index contributed by atoms with van der Waals surface area (Å²) in [6.07, 6.45) is -11.3. The second-order valence-electron chi connectivity index (χ2n) is 21.6. The van der Waals surface area contributed by atoms with Crippen LogP contribution in [0.25, 0.3) is 0 Å². The van der Waals surface area contributed by atoms with Crippen LogP contribution in [0.15, 0.2) is 48.5 Å². The predicted octanol–water partition coefficient (Wildman–Crippen LogP) is 2.14. The summed E-state index contributed by atoms with van der Waals surface area (Å²) in [4.78, 5) is 99.7. The van der Waals surface area contributed by atoms with Gasteiger partial charge >= 0.3 is 12.1 Å². The molecule has 10 N–H and O–H groups in total. The Morgan fingerprint density at radius 1 is 0.850 bits per heavy atom. The number of methoxy groups -OCH3 is 2. The number of hydrogen-bond acceptors (Lipinski definition) is 17. The van der Waals surface area contributed by atoms with Crippen molar-refractivity contribution in [1.29, 1.82) is 0 Å². The van der Waals surface area contributed by atoms with Crippen molar-refractivity contribution in [3.05, 3.63) is 59.7 Å². The van der Waals surface area contributed by atoms with Gasteiger partial charge < -0.3 is 80.7 Å². The average Bonchev–Trinajstić information content (AvgIpc) is 3.91. The SMILES string of the molecule is CC[C@H](C)[C@@H]([C@@H](CC(=O)N1CCC[C@H]1[C@H](OC)[C@@H](C)C(=O)N[C@H](C)[C@@H](O)c1ccccc1)OC)N(C)C(=O)[C@@H](NC(=O)[C@H](C(C)C)N(C)C(=O)OCc1ccc(O[C@@H]2O[C@H](C(=O)O)[C@@H](O)[C@H](O)[C@H]2O)c(NC(=O)CCN)c1)C(C)C. The maximum absolute atomic E-state index is 14.7. The third-order valence-corrected chi connectivity index (χ3v) is 15.2. The van der Waals surface area contributed by atoms with Gasteiger partial charge in [-0.25, -0.2) is 9.59 Å². The van der Waals surface area contributed by atoms with E-state index >= 15 is 0 Å². The third-order valence-electron chi connectivity index (χ3n) is 15.2. The van der Waals surface area contributed by atoms with Crippen LogP contribution < -0.4 is 26.4 Å². The third kappa shape index (κ3) is 16.8. The van der Waals surface area contributed by atoms with Crippen molar-refractivity contribution < 1.29 is 82.8 Å². The molecule has 24 heteroatoms. The number of aliphatic carboxylic acids is 1. The Kier molecular flexibility index (Phi) is 25.5. The number of benzene rings is 2. The Labute approximate surface area is 468 Å². The second kappa shape index (κ2) is 30.7. The first kappa shape index (κ1) is 66.5. The molecule has 6 amide bonds. The number of anilines is 1. The molecule has 2 aliphatic heterocycles. The van der Waals surface area contributed by atoms with E-state index in [4.69, 9.17) is 29.4 Å². The van der Waals surface area contributed by atoms with Gasteiger partial charge in [0.1, 0.15) is 42.8 Å². The van der Waals surface area contributed by atoms with Crippen molar-refractivity contribution >= 4 is 47.3 Å². The van der Waals surface area contributed by atoms with E-state index in [1.807, 2.05) is 32.0 Å². The van der Waals surface area contributed by atoms with Crippen molar-refractivity contribution in [2.75, 3.05) is 46.7 Å². The molecule has 24 nitrogen and oxygen atoms in total. The summed E-state index contributed by atoms with van der Waals surface area (Å²) in [5.74, 6) is -5.83. The maximum Gasteiger partial charge on any atom is 0.410 e. The molecule has 2 aromatic carbocycles. The van der Waals surface area contributed by atoms with Crippen molar-refractivity contribution in [3.63, 3.8) is 0 Å². The largest absolute Gasteiger partial charge is 0.479 e. The molecular weight excluding hydrogens is 1040 g/mol. The van der Waals surface area contributed by atoms with Gasteiger partial charge in [-0.3, -0.25) is 28.9 Å². The Morgan fingerprint density at radius 2 is 1.51 bits per heavy atom. The number of rotatable bonds is 28. The number of carbonyl (C=O) groups is 7. The van der Waals surface area contributed by atoms with Crippen LogP contribution in [0.2, 0.25) is 0 Å². The Bertz CT molecular complexity index is 2380. The zero-order valence-corrected chi connectivity index (χ0v) is 48.1. The lowest BCUT2D eigenvalue weighted by Crippen LogP contribution is -2.61. The van der Waals surface area contributed by atoms with Crippen molar-refractivity contribution in [3.8, 4) is 5.75 Å². The minimum absolute atomic E-state index is 0.0190. The molecule has 448 valence electrons. The fourth-order valence-electron chi connectivity index (χ4n) is 10.4. The van der Waals surface area contributed by atoms with Gasteiger partial charge in [-0.2, -0.15) is 0 Å². The van der Waals surface area contributed by atoms with Crippen LogP contribution in [0, 0.1) is 23.7 Å². The lowest BCUT2D eigenvalue weighted by atomic mass is 9.89. The first-order valence-electron chi connectivity index (χ1n) is 27.3. The fourth-order valence-corrected chi connectivity index (χ4v) is 10.4. The van der Waals surface area contributed by atoms with E-state index in [0.29, 0.717) is 36.9 Å². The van der Waals surface area contributed by atoms with Gasteiger partial charge in [0.05, 0.1) is 54.5 Å². The van der Waals surface area contributed by atoms with Gasteiger partial charge in [-0.05, 0) is 60.8 Å². The number of likely N-dealkylation sites (N-methyl/N-ethyl adjacent to an activating group) is 2. The van der Waals surface area contributed by atoms with Gasteiger partial charge in [-0.1, -0.05) is 91.3 Å². The molecule has 2 fully saturated rings. The molecule has 0 spiro atoms. The summed E-state index contributed by atoms with van der Waals surface area (Å²) in [5, 5.41) is 59.8. The second-order valence-corrected chi connectivity index (χ2v) is 21.6. The summed E-state index contributed by atoms with van der Waals surface area (Å²) < 4.78 is 28.6. The number of aliphatic hydroxyl groups is 4. The van der Waals surface area contributed by atoms with E-state index in [1.165, 1.54) is 44.4 Å². The lowest BCUT2D eigenvalue weighted by Gasteiger charge is -2.41. The van der Waals surface area contributed by atoms with Crippen LogP contribution in [-0.2, 0) is 54.3 Å². The first-order chi connectivity index (χ1) is 37.7. The summed E-state index contributed by atoms with van der Waals surface area (Å²) in [6.45, 7) is 14.4. The summed E-state index contributed by atoms with van der Waals surface area (Å²) in [5.41, 5.74) is 6.50. The van der Waals surface area contributed by atoms with E-state index in [2.05, 4.69) is 16.0 Å². The molecule has 0 bridgehead atoms. The number of carboxylic acid groups (broad SMARTS) is 1. The molecule has 0 radical (unpaired) electrons. The summed E-state index contributed by atoms with van der Waals surface area (Å²) in [6, 6.07) is 9.20. The minimum atomic E-state index is -1.97. The summed E-state index contributed by atoms with van der Waals surface area (Å²) >= 11 is 0. The summed E-state index contributed by atoms with van der Waals surface area (Å²) in [7, 11) is 5.97. The van der Waals surface area contributed by atoms with E-state index in [9.17, 15) is 59.1 Å². The number of aliphatic hydroxyl groups excluding tert-OH is 4. The number of carbonyl (C=O) groups excluding carboxylic acids is 6. The number of carboxylic acids is 1. The van der Waals surface area contributed by atoms with Crippen molar-refractivity contribution in [1.82, 2.24) is 25.3 Å². The van der Waals surface area contributed by atoms with Crippen LogP contribution in [0.1, 0.15) is 105 Å². The van der Waals surface area contributed by atoms with Gasteiger partial charge in [-0.15, -0.1) is 0 Å². The van der Waals surface area contributed by atoms with E-state index in [-0.39, 0.29) is 48.6 Å². The van der Waals surface area contributed by atoms with E-state index in [1.54, 1.807) is 65.6 Å². The number of nitrogens with two attached hydrogens (primary N) is 1. The van der Waals surface area contributed by atoms with Crippen LogP contribution in [0.3, 0.4) is 0 Å². The van der Waals surface area contributed by atoms with Gasteiger partial charge in [0.2, 0.25) is 35.8 Å². The predicted molar refractivity (Wildman–Crippen MR) is 292 cm³/mol. The number of likely N-dealkylation sites (tertiary alicyclic amines) is 1. The highest BCUT2D eigenvalue weighted by molar-refractivity contribution is 5.93. The maximum atomic E-state index is 14.7. The van der Waals surface area contributed by atoms with Crippen LogP contribution in [0.4, 0.5) is 10.5 Å². The zero-order chi connectivity index (χ0) is 59.9. The smallest absolute Gasteiger partial charge is 0.410 e. The molecule has 2 aromatic rings. The van der Waals surface area contributed by atoms with Crippen LogP contribution >= 0.6 is 0 Å². The van der Waals surface area contributed by atoms with Gasteiger partial charge in [0.15, 0.2) is 6.10 Å². The molecule has 0 unspecified atom stereocenters. The molecule has 80 heavy (non-hydrogen) atoms. The van der Waals surface area contributed by atoms with Crippen LogP contribution in [-0.4, -0.2) is 196 Å². The number of nitrogens with zero attached hydrogens (tertiary/aromatic N) is 3. The number of amides is 6. The molecule has 2 saturated heterocycles.